The van der Waals surface area contributed by atoms with Crippen molar-refractivity contribution in [3.63, 3.8) is 0 Å². The maximum atomic E-state index is 5.00. The Balaban J connectivity index is 1.42. The molecule has 1 aromatic heterocycles. The lowest BCUT2D eigenvalue weighted by Gasteiger charge is -2.11. The lowest BCUT2D eigenvalue weighted by atomic mass is 10.0. The molecule has 0 fully saturated rings. The van der Waals surface area contributed by atoms with Crippen molar-refractivity contribution in [2.24, 2.45) is 0 Å². The molecule has 176 valence electrons. The molecule has 0 aliphatic heterocycles. The normalized spacial score (nSPS) is 10.8. The molecule has 37 heavy (non-hydrogen) atoms. The number of benzene rings is 5. The van der Waals surface area contributed by atoms with Crippen molar-refractivity contribution in [2.75, 3.05) is 0 Å². The van der Waals surface area contributed by atoms with Gasteiger partial charge in [-0.25, -0.2) is 9.97 Å². The van der Waals surface area contributed by atoms with Crippen LogP contribution in [0.5, 0.6) is 0 Å². The second kappa shape index (κ2) is 10.0. The molecule has 0 radical (unpaired) electrons. The van der Waals surface area contributed by atoms with E-state index in [1.807, 2.05) is 12.1 Å². The van der Waals surface area contributed by atoms with Crippen molar-refractivity contribution < 1.29 is 0 Å². The monoisotopic (exact) mass is 474 g/mol. The van der Waals surface area contributed by atoms with Crippen molar-refractivity contribution in [3.8, 4) is 56.2 Å². The van der Waals surface area contributed by atoms with E-state index in [4.69, 9.17) is 9.97 Å². The molecule has 1 heterocycles. The summed E-state index contributed by atoms with van der Waals surface area (Å²) in [6.45, 7) is 2.10. The average Bonchev–Trinajstić information content (AvgIpc) is 2.98. The molecular weight excluding hydrogens is 448 g/mol. The minimum absolute atomic E-state index is 0.732. The zero-order valence-corrected chi connectivity index (χ0v) is 20.7. The Labute approximate surface area is 218 Å². The first-order chi connectivity index (χ1) is 18.2. The van der Waals surface area contributed by atoms with Crippen LogP contribution in [-0.2, 0) is 0 Å². The standard InChI is InChI=1S/C35H26N2/c1-25-9-8-14-32(23-25)35-36-33(30-19-15-28(16-20-30)26-10-4-2-5-11-26)24-34(37-35)31-21-17-29(18-22-31)27-12-6-3-7-13-27/h2-24H,1H3. The largest absolute Gasteiger partial charge is 0.228 e. The summed E-state index contributed by atoms with van der Waals surface area (Å²) in [5.41, 5.74) is 11.0. The minimum atomic E-state index is 0.732. The Kier molecular flexibility index (Phi) is 6.14. The quantitative estimate of drug-likeness (QED) is 0.249. The van der Waals surface area contributed by atoms with E-state index in [0.29, 0.717) is 0 Å². The van der Waals surface area contributed by atoms with Gasteiger partial charge in [0.25, 0.3) is 0 Å². The van der Waals surface area contributed by atoms with Crippen LogP contribution in [0.15, 0.2) is 140 Å². The Morgan fingerprint density at radius 1 is 0.351 bits per heavy atom. The van der Waals surface area contributed by atoms with Crippen LogP contribution in [0.1, 0.15) is 5.56 Å². The number of hydrogen-bond donors (Lipinski definition) is 0. The molecular formula is C35H26N2. The van der Waals surface area contributed by atoms with Crippen molar-refractivity contribution in [3.05, 3.63) is 145 Å². The number of rotatable bonds is 5. The highest BCUT2D eigenvalue weighted by atomic mass is 14.9. The fraction of sp³-hybridized carbons (Fsp3) is 0.0286. The minimum Gasteiger partial charge on any atom is -0.228 e. The van der Waals surface area contributed by atoms with Gasteiger partial charge in [0.2, 0.25) is 0 Å². The number of nitrogens with zero attached hydrogens (tertiary/aromatic N) is 2. The van der Waals surface area contributed by atoms with E-state index < -0.39 is 0 Å². The highest BCUT2D eigenvalue weighted by Gasteiger charge is 2.11. The van der Waals surface area contributed by atoms with E-state index in [2.05, 4.69) is 134 Å². The third kappa shape index (κ3) is 4.96. The SMILES string of the molecule is Cc1cccc(-c2nc(-c3ccc(-c4ccccc4)cc3)cc(-c3ccc(-c4ccccc4)cc3)n2)c1. The van der Waals surface area contributed by atoms with Gasteiger partial charge in [0, 0.05) is 16.7 Å². The van der Waals surface area contributed by atoms with Crippen LogP contribution < -0.4 is 0 Å². The highest BCUT2D eigenvalue weighted by molar-refractivity contribution is 5.75. The molecule has 0 saturated carbocycles. The van der Waals surface area contributed by atoms with Crippen LogP contribution in [0.2, 0.25) is 0 Å². The molecule has 0 spiro atoms. The first kappa shape index (κ1) is 22.6. The summed E-state index contributed by atoms with van der Waals surface area (Å²) in [5.74, 6) is 0.732. The molecule has 0 unspecified atom stereocenters. The molecule has 2 heteroatoms. The third-order valence-corrected chi connectivity index (χ3v) is 6.58. The van der Waals surface area contributed by atoms with E-state index >= 15 is 0 Å². The summed E-state index contributed by atoms with van der Waals surface area (Å²) < 4.78 is 0. The van der Waals surface area contributed by atoms with Crippen LogP contribution >= 0.6 is 0 Å². The highest BCUT2D eigenvalue weighted by Crippen LogP contribution is 2.30. The summed E-state index contributed by atoms with van der Waals surface area (Å²) in [4.78, 5) is 9.99. The van der Waals surface area contributed by atoms with Gasteiger partial charge in [0.05, 0.1) is 11.4 Å². The Hall–Kier alpha value is -4.82. The van der Waals surface area contributed by atoms with Crippen LogP contribution in [0.3, 0.4) is 0 Å². The lowest BCUT2D eigenvalue weighted by molar-refractivity contribution is 1.18. The maximum Gasteiger partial charge on any atom is 0.160 e. The van der Waals surface area contributed by atoms with Gasteiger partial charge in [-0.3, -0.25) is 0 Å². The van der Waals surface area contributed by atoms with Crippen molar-refractivity contribution in [1.82, 2.24) is 9.97 Å². The van der Waals surface area contributed by atoms with Crippen LogP contribution in [0, 0.1) is 6.92 Å². The maximum absolute atomic E-state index is 5.00. The smallest absolute Gasteiger partial charge is 0.160 e. The van der Waals surface area contributed by atoms with Crippen molar-refractivity contribution in [2.45, 2.75) is 6.92 Å². The molecule has 6 rings (SSSR count). The Morgan fingerprint density at radius 3 is 1.22 bits per heavy atom. The molecule has 6 aromatic rings. The van der Waals surface area contributed by atoms with E-state index in [1.165, 1.54) is 27.8 Å². The summed E-state index contributed by atoms with van der Waals surface area (Å²) in [5, 5.41) is 0. The van der Waals surface area contributed by atoms with Gasteiger partial charge in [0.1, 0.15) is 0 Å². The van der Waals surface area contributed by atoms with E-state index in [1.54, 1.807) is 0 Å². The van der Waals surface area contributed by atoms with Gasteiger partial charge in [-0.05, 0) is 41.3 Å². The first-order valence-corrected chi connectivity index (χ1v) is 12.5. The molecule has 5 aromatic carbocycles. The summed E-state index contributed by atoms with van der Waals surface area (Å²) in [6.07, 6.45) is 0. The Bertz CT molecular complexity index is 1540. The number of aryl methyl sites for hydroxylation is 1. The second-order valence-electron chi connectivity index (χ2n) is 9.22. The predicted molar refractivity (Wildman–Crippen MR) is 154 cm³/mol. The third-order valence-electron chi connectivity index (χ3n) is 6.58. The molecule has 2 nitrogen and oxygen atoms in total. The summed E-state index contributed by atoms with van der Waals surface area (Å²) >= 11 is 0. The molecule has 0 N–H and O–H groups in total. The van der Waals surface area contributed by atoms with E-state index in [-0.39, 0.29) is 0 Å². The summed E-state index contributed by atoms with van der Waals surface area (Å²) in [6, 6.07) is 48.6. The van der Waals surface area contributed by atoms with Gasteiger partial charge in [-0.2, -0.15) is 0 Å². The van der Waals surface area contributed by atoms with Crippen molar-refractivity contribution in [1.29, 1.82) is 0 Å². The Morgan fingerprint density at radius 2 is 0.757 bits per heavy atom. The van der Waals surface area contributed by atoms with E-state index in [9.17, 15) is 0 Å². The summed E-state index contributed by atoms with van der Waals surface area (Å²) in [7, 11) is 0. The lowest BCUT2D eigenvalue weighted by Crippen LogP contribution is -1.96. The van der Waals surface area contributed by atoms with Gasteiger partial charge in [-0.15, -0.1) is 0 Å². The van der Waals surface area contributed by atoms with Crippen LogP contribution in [0.4, 0.5) is 0 Å². The molecule has 0 amide bonds. The predicted octanol–water partition coefficient (Wildman–Crippen LogP) is 9.12. The zero-order chi connectivity index (χ0) is 25.0. The van der Waals surface area contributed by atoms with Crippen LogP contribution in [0.25, 0.3) is 56.2 Å². The van der Waals surface area contributed by atoms with Gasteiger partial charge in [0.15, 0.2) is 5.82 Å². The van der Waals surface area contributed by atoms with Gasteiger partial charge in [-0.1, -0.05) is 133 Å². The molecule has 0 bridgehead atoms. The second-order valence-corrected chi connectivity index (χ2v) is 9.22. The van der Waals surface area contributed by atoms with Crippen molar-refractivity contribution >= 4 is 0 Å². The molecule has 0 atom stereocenters. The molecule has 0 aliphatic rings. The average molecular weight is 475 g/mol. The first-order valence-electron chi connectivity index (χ1n) is 12.5. The van der Waals surface area contributed by atoms with E-state index in [0.717, 1.165) is 33.9 Å². The number of aromatic nitrogens is 2. The van der Waals surface area contributed by atoms with Gasteiger partial charge < -0.3 is 0 Å². The molecule has 0 saturated heterocycles. The fourth-order valence-electron chi connectivity index (χ4n) is 4.58. The number of hydrogen-bond acceptors (Lipinski definition) is 2. The van der Waals surface area contributed by atoms with Gasteiger partial charge >= 0.3 is 0 Å². The topological polar surface area (TPSA) is 25.8 Å². The molecule has 0 aliphatic carbocycles. The fourth-order valence-corrected chi connectivity index (χ4v) is 4.58. The zero-order valence-electron chi connectivity index (χ0n) is 20.7. The van der Waals surface area contributed by atoms with Crippen LogP contribution in [-0.4, -0.2) is 9.97 Å².